The molecule has 0 saturated carbocycles. The molecule has 0 N–H and O–H groups in total. The van der Waals surface area contributed by atoms with E-state index >= 15 is 0 Å². The van der Waals surface area contributed by atoms with E-state index in [2.05, 4.69) is 65.6 Å². The number of piperidine rings is 1. The summed E-state index contributed by atoms with van der Waals surface area (Å²) in [4.78, 5) is 17.0. The van der Waals surface area contributed by atoms with Crippen LogP contribution in [0.3, 0.4) is 0 Å². The van der Waals surface area contributed by atoms with Crippen LogP contribution in [-0.2, 0) is 4.74 Å². The van der Waals surface area contributed by atoms with E-state index < -0.39 is 5.60 Å². The van der Waals surface area contributed by atoms with Crippen molar-refractivity contribution in [3.05, 3.63) is 71.8 Å². The summed E-state index contributed by atoms with van der Waals surface area (Å²) in [5.41, 5.74) is 2.15. The van der Waals surface area contributed by atoms with Crippen molar-refractivity contribution in [2.45, 2.75) is 50.9 Å². The van der Waals surface area contributed by atoms with E-state index in [0.29, 0.717) is 0 Å². The van der Waals surface area contributed by atoms with Crippen molar-refractivity contribution in [3.63, 3.8) is 0 Å². The number of fused-ring (bicyclic) bond motifs is 2. The summed E-state index contributed by atoms with van der Waals surface area (Å²) >= 11 is 0. The van der Waals surface area contributed by atoms with Crippen molar-refractivity contribution < 1.29 is 9.53 Å². The molecule has 2 atom stereocenters. The van der Waals surface area contributed by atoms with E-state index in [1.54, 1.807) is 0 Å². The predicted octanol–water partition coefficient (Wildman–Crippen LogP) is 4.47. The molecule has 3 saturated heterocycles. The number of hydrogen-bond acceptors (Lipinski definition) is 3. The lowest BCUT2D eigenvalue weighted by Crippen LogP contribution is -2.70. The maximum Gasteiger partial charge on any atom is 0.410 e. The van der Waals surface area contributed by atoms with Gasteiger partial charge in [-0.1, -0.05) is 60.7 Å². The van der Waals surface area contributed by atoms with Crippen molar-refractivity contribution in [3.8, 4) is 0 Å². The third-order valence-electron chi connectivity index (χ3n) is 5.42. The Morgan fingerprint density at radius 3 is 1.85 bits per heavy atom. The molecule has 2 aromatic carbocycles. The first-order valence-corrected chi connectivity index (χ1v) is 9.77. The van der Waals surface area contributed by atoms with E-state index in [1.165, 1.54) is 11.1 Å². The standard InChI is InChI=1S/C23H28N2O2/c1-23(2,3)27-22(26)25-19-14-20(25)16-24(15-19)21(17-10-6-4-7-11-17)18-12-8-5-9-13-18/h4-13,19-21H,14-16H2,1-3H3. The smallest absolute Gasteiger partial charge is 0.410 e. The highest BCUT2D eigenvalue weighted by molar-refractivity contribution is 5.70. The number of nitrogens with zero attached hydrogens (tertiary/aromatic N) is 2. The molecular formula is C23H28N2O2. The zero-order chi connectivity index (χ0) is 19.0. The fourth-order valence-corrected chi connectivity index (χ4v) is 4.35. The van der Waals surface area contributed by atoms with Gasteiger partial charge in [0.2, 0.25) is 0 Å². The van der Waals surface area contributed by atoms with Gasteiger partial charge in [0.25, 0.3) is 0 Å². The number of carbonyl (C=O) groups excluding carboxylic acids is 1. The third kappa shape index (κ3) is 3.72. The highest BCUT2D eigenvalue weighted by Gasteiger charge is 2.50. The van der Waals surface area contributed by atoms with Gasteiger partial charge in [0.1, 0.15) is 5.60 Å². The van der Waals surface area contributed by atoms with Crippen LogP contribution in [-0.4, -0.2) is 46.7 Å². The first kappa shape index (κ1) is 18.1. The number of benzene rings is 2. The van der Waals surface area contributed by atoms with Crippen molar-refractivity contribution in [2.75, 3.05) is 13.1 Å². The lowest BCUT2D eigenvalue weighted by atomic mass is 9.85. The number of hydrogen-bond donors (Lipinski definition) is 0. The summed E-state index contributed by atoms with van der Waals surface area (Å²) in [5.74, 6) is 0. The molecule has 2 bridgehead atoms. The van der Waals surface area contributed by atoms with Crippen LogP contribution in [0.2, 0.25) is 0 Å². The van der Waals surface area contributed by atoms with Gasteiger partial charge in [-0.25, -0.2) is 4.79 Å². The van der Waals surface area contributed by atoms with Crippen LogP contribution in [0.4, 0.5) is 4.79 Å². The van der Waals surface area contributed by atoms with E-state index in [-0.39, 0.29) is 24.2 Å². The Hall–Kier alpha value is -2.33. The summed E-state index contributed by atoms with van der Waals surface area (Å²) in [6, 6.07) is 22.0. The largest absolute Gasteiger partial charge is 0.444 e. The summed E-state index contributed by atoms with van der Waals surface area (Å²) in [5, 5.41) is 0. The summed E-state index contributed by atoms with van der Waals surface area (Å²) in [6.45, 7) is 7.53. The van der Waals surface area contributed by atoms with E-state index in [1.807, 2.05) is 25.7 Å². The molecule has 0 aliphatic carbocycles. The molecule has 3 aliphatic heterocycles. The Labute approximate surface area is 161 Å². The molecule has 2 aromatic rings. The lowest BCUT2D eigenvalue weighted by Gasteiger charge is -2.57. The Balaban J connectivity index is 1.54. The SMILES string of the molecule is CC(C)(C)OC(=O)N1C2CC1CN(C(c1ccccc1)c1ccccc1)C2. The fraction of sp³-hybridized carbons (Fsp3) is 0.435. The van der Waals surface area contributed by atoms with E-state index in [4.69, 9.17) is 4.74 Å². The van der Waals surface area contributed by atoms with E-state index in [0.717, 1.165) is 19.5 Å². The molecule has 0 aromatic heterocycles. The zero-order valence-corrected chi connectivity index (χ0v) is 16.3. The molecular weight excluding hydrogens is 336 g/mol. The molecule has 0 radical (unpaired) electrons. The van der Waals surface area contributed by atoms with Crippen LogP contribution < -0.4 is 0 Å². The molecule has 2 unspecified atom stereocenters. The van der Waals surface area contributed by atoms with Gasteiger partial charge < -0.3 is 4.74 Å². The summed E-state index contributed by atoms with van der Waals surface area (Å²) < 4.78 is 5.61. The second-order valence-corrected chi connectivity index (χ2v) is 8.61. The minimum absolute atomic E-state index is 0.167. The van der Waals surface area contributed by atoms with Crippen LogP contribution in [0, 0.1) is 0 Å². The molecule has 3 heterocycles. The molecule has 4 nitrogen and oxygen atoms in total. The second-order valence-electron chi connectivity index (χ2n) is 8.61. The molecule has 5 rings (SSSR count). The van der Waals surface area contributed by atoms with Crippen LogP contribution >= 0.6 is 0 Å². The average Bonchev–Trinajstić information content (AvgIpc) is 2.62. The minimum Gasteiger partial charge on any atom is -0.444 e. The van der Waals surface area contributed by atoms with Gasteiger partial charge in [-0.3, -0.25) is 9.80 Å². The molecule has 1 amide bonds. The van der Waals surface area contributed by atoms with Gasteiger partial charge in [-0.05, 0) is 38.3 Å². The van der Waals surface area contributed by atoms with Gasteiger partial charge in [-0.15, -0.1) is 0 Å². The van der Waals surface area contributed by atoms with Crippen molar-refractivity contribution >= 4 is 6.09 Å². The first-order chi connectivity index (χ1) is 12.9. The minimum atomic E-state index is -0.447. The van der Waals surface area contributed by atoms with Crippen molar-refractivity contribution in [1.82, 2.24) is 9.80 Å². The van der Waals surface area contributed by atoms with Gasteiger partial charge >= 0.3 is 6.09 Å². The molecule has 27 heavy (non-hydrogen) atoms. The van der Waals surface area contributed by atoms with Gasteiger partial charge in [0.15, 0.2) is 0 Å². The lowest BCUT2D eigenvalue weighted by molar-refractivity contribution is -0.0827. The highest BCUT2D eigenvalue weighted by Crippen LogP contribution is 2.39. The monoisotopic (exact) mass is 364 g/mol. The van der Waals surface area contributed by atoms with Crippen LogP contribution in [0.1, 0.15) is 44.4 Å². The Kier molecular flexibility index (Phi) is 4.68. The first-order valence-electron chi connectivity index (χ1n) is 9.77. The number of rotatable bonds is 3. The van der Waals surface area contributed by atoms with Crippen molar-refractivity contribution in [2.24, 2.45) is 0 Å². The molecule has 4 heteroatoms. The normalized spacial score (nSPS) is 22.4. The predicted molar refractivity (Wildman–Crippen MR) is 107 cm³/mol. The van der Waals surface area contributed by atoms with Crippen LogP contribution in [0.5, 0.6) is 0 Å². The van der Waals surface area contributed by atoms with Crippen LogP contribution in [0.25, 0.3) is 0 Å². The molecule has 0 spiro atoms. The maximum atomic E-state index is 12.6. The molecule has 3 fully saturated rings. The second kappa shape index (κ2) is 7.01. The summed E-state index contributed by atoms with van der Waals surface area (Å²) in [6.07, 6.45) is 0.908. The fourth-order valence-electron chi connectivity index (χ4n) is 4.35. The Bertz CT molecular complexity index is 734. The van der Waals surface area contributed by atoms with Gasteiger partial charge in [0, 0.05) is 13.1 Å². The van der Waals surface area contributed by atoms with Gasteiger partial charge in [0.05, 0.1) is 18.1 Å². The number of amides is 1. The number of ether oxygens (including phenoxy) is 1. The van der Waals surface area contributed by atoms with Crippen LogP contribution in [0.15, 0.2) is 60.7 Å². The maximum absolute atomic E-state index is 12.6. The third-order valence-corrected chi connectivity index (χ3v) is 5.42. The molecule has 3 aliphatic rings. The van der Waals surface area contributed by atoms with Gasteiger partial charge in [-0.2, -0.15) is 0 Å². The van der Waals surface area contributed by atoms with E-state index in [9.17, 15) is 4.79 Å². The number of piperazine rings is 1. The Morgan fingerprint density at radius 2 is 1.41 bits per heavy atom. The number of carbonyl (C=O) groups is 1. The highest BCUT2D eigenvalue weighted by atomic mass is 16.6. The van der Waals surface area contributed by atoms with Crippen molar-refractivity contribution in [1.29, 1.82) is 0 Å². The molecule has 142 valence electrons. The zero-order valence-electron chi connectivity index (χ0n) is 16.3. The Morgan fingerprint density at radius 1 is 0.926 bits per heavy atom. The quantitative estimate of drug-likeness (QED) is 0.806. The summed E-state index contributed by atoms with van der Waals surface area (Å²) in [7, 11) is 0. The topological polar surface area (TPSA) is 32.8 Å². The average molecular weight is 364 g/mol.